The van der Waals surface area contributed by atoms with Crippen LogP contribution in [0.3, 0.4) is 0 Å². The third-order valence-electron chi connectivity index (χ3n) is 3.97. The van der Waals surface area contributed by atoms with Gasteiger partial charge in [-0.3, -0.25) is 4.79 Å². The van der Waals surface area contributed by atoms with Crippen LogP contribution in [0.4, 0.5) is 17.6 Å². The zero-order chi connectivity index (χ0) is 19.0. The molecule has 1 atom stereocenters. The van der Waals surface area contributed by atoms with Crippen LogP contribution in [0.2, 0.25) is 0 Å². The molecule has 1 aliphatic rings. The summed E-state index contributed by atoms with van der Waals surface area (Å²) in [6.45, 7) is 1.40. The number of hydrogen-bond donors (Lipinski definition) is 0. The van der Waals surface area contributed by atoms with E-state index in [4.69, 9.17) is 4.74 Å². The molecule has 1 aliphatic carbocycles. The van der Waals surface area contributed by atoms with Gasteiger partial charge in [0.2, 0.25) is 0 Å². The molecule has 0 radical (unpaired) electrons. The topological polar surface area (TPSA) is 69.7 Å². The zero-order valence-electron chi connectivity index (χ0n) is 13.2. The number of ether oxygens (including phenoxy) is 1. The Balaban J connectivity index is 2.53. The van der Waals surface area contributed by atoms with Gasteiger partial charge in [-0.1, -0.05) is 12.1 Å². The fourth-order valence-electron chi connectivity index (χ4n) is 2.75. The van der Waals surface area contributed by atoms with E-state index in [1.165, 1.54) is 19.1 Å². The molecule has 0 fully saturated rings. The van der Waals surface area contributed by atoms with E-state index >= 15 is 0 Å². The highest BCUT2D eigenvalue weighted by Gasteiger charge is 2.51. The van der Waals surface area contributed by atoms with Crippen molar-refractivity contribution in [3.05, 3.63) is 47.0 Å². The molecular formula is C15H14F4O5S. The Labute approximate surface area is 141 Å². The molecule has 0 aliphatic heterocycles. The average molecular weight is 382 g/mol. The van der Waals surface area contributed by atoms with Crippen molar-refractivity contribution in [3.63, 3.8) is 0 Å². The molecule has 5 nitrogen and oxygen atoms in total. The third kappa shape index (κ3) is 3.35. The van der Waals surface area contributed by atoms with Crippen molar-refractivity contribution in [1.29, 1.82) is 0 Å². The summed E-state index contributed by atoms with van der Waals surface area (Å²) in [4.78, 5) is 12.3. The van der Waals surface area contributed by atoms with Crippen LogP contribution in [0.5, 0.6) is 0 Å². The van der Waals surface area contributed by atoms with Gasteiger partial charge in [0.15, 0.2) is 0 Å². The smallest absolute Gasteiger partial charge is 0.468 e. The lowest BCUT2D eigenvalue weighted by Crippen LogP contribution is -2.34. The van der Waals surface area contributed by atoms with Crippen LogP contribution in [0, 0.1) is 12.7 Å². The minimum Gasteiger partial charge on any atom is -0.468 e. The lowest BCUT2D eigenvalue weighted by Gasteiger charge is -2.26. The Bertz CT molecular complexity index is 829. The van der Waals surface area contributed by atoms with Gasteiger partial charge in [0, 0.05) is 6.42 Å². The Hall–Kier alpha value is -2.10. The molecule has 2 rings (SSSR count). The molecule has 0 amide bonds. The number of carbonyl (C=O) groups excluding carboxylic acids is 1. The van der Waals surface area contributed by atoms with Crippen LogP contribution in [-0.2, 0) is 29.2 Å². The number of carbonyl (C=O) groups is 1. The number of halogens is 4. The van der Waals surface area contributed by atoms with Gasteiger partial charge < -0.3 is 8.92 Å². The summed E-state index contributed by atoms with van der Waals surface area (Å²) in [5.74, 6) is -2.03. The van der Waals surface area contributed by atoms with Crippen LogP contribution in [0.15, 0.2) is 30.0 Å². The standard InChI is InChI=1S/C15H14F4O5S/c1-9-11(4-3-5-12(9)16)14(13(20)23-2)7-6-10(8-14)24-25(21,22)15(17,18)19/h3-5,8H,6-7H2,1-2H3/t14-/m1/s1. The highest BCUT2D eigenvalue weighted by molar-refractivity contribution is 7.87. The first-order valence-electron chi connectivity index (χ1n) is 7.01. The predicted octanol–water partition coefficient (Wildman–Crippen LogP) is 3.09. The molecule has 1 aromatic rings. The molecule has 25 heavy (non-hydrogen) atoms. The average Bonchev–Trinajstić information content (AvgIpc) is 2.92. The monoisotopic (exact) mass is 382 g/mol. The maximum absolute atomic E-state index is 13.8. The highest BCUT2D eigenvalue weighted by Crippen LogP contribution is 2.43. The minimum absolute atomic E-state index is 0.101. The van der Waals surface area contributed by atoms with Crippen LogP contribution in [-0.4, -0.2) is 27.0 Å². The lowest BCUT2D eigenvalue weighted by atomic mass is 9.78. The Kier molecular flexibility index (Phi) is 4.86. The Morgan fingerprint density at radius 1 is 1.28 bits per heavy atom. The summed E-state index contributed by atoms with van der Waals surface area (Å²) >= 11 is 0. The molecule has 0 aromatic heterocycles. The maximum atomic E-state index is 13.8. The number of hydrogen-bond acceptors (Lipinski definition) is 5. The first-order valence-corrected chi connectivity index (χ1v) is 8.42. The Morgan fingerprint density at radius 2 is 1.92 bits per heavy atom. The van der Waals surface area contributed by atoms with E-state index in [-0.39, 0.29) is 24.0 Å². The lowest BCUT2D eigenvalue weighted by molar-refractivity contribution is -0.145. The van der Waals surface area contributed by atoms with E-state index in [0.717, 1.165) is 19.3 Å². The van der Waals surface area contributed by atoms with Crippen molar-refractivity contribution in [3.8, 4) is 0 Å². The molecule has 10 heteroatoms. The quantitative estimate of drug-likeness (QED) is 0.346. The molecule has 0 spiro atoms. The van der Waals surface area contributed by atoms with E-state index in [0.29, 0.717) is 0 Å². The summed E-state index contributed by atoms with van der Waals surface area (Å²) < 4.78 is 82.3. The van der Waals surface area contributed by atoms with Crippen molar-refractivity contribution in [2.24, 2.45) is 0 Å². The van der Waals surface area contributed by atoms with Crippen LogP contribution in [0.1, 0.15) is 24.0 Å². The molecule has 0 saturated carbocycles. The van der Waals surface area contributed by atoms with Gasteiger partial charge in [0.25, 0.3) is 0 Å². The number of methoxy groups -OCH3 is 1. The summed E-state index contributed by atoms with van der Waals surface area (Å²) in [7, 11) is -4.79. The molecule has 0 bridgehead atoms. The maximum Gasteiger partial charge on any atom is 0.534 e. The van der Waals surface area contributed by atoms with E-state index in [9.17, 15) is 30.8 Å². The molecule has 138 valence electrons. The normalized spacial score (nSPS) is 21.0. The van der Waals surface area contributed by atoms with Gasteiger partial charge in [-0.05, 0) is 36.6 Å². The molecule has 0 N–H and O–H groups in total. The predicted molar refractivity (Wildman–Crippen MR) is 78.2 cm³/mol. The number of allylic oxidation sites excluding steroid dienone is 1. The Morgan fingerprint density at radius 3 is 2.48 bits per heavy atom. The van der Waals surface area contributed by atoms with Gasteiger partial charge in [0.05, 0.1) is 7.11 Å². The largest absolute Gasteiger partial charge is 0.534 e. The van der Waals surface area contributed by atoms with Gasteiger partial charge in [-0.25, -0.2) is 4.39 Å². The second-order valence-corrected chi connectivity index (χ2v) is 7.01. The first kappa shape index (κ1) is 19.2. The fraction of sp³-hybridized carbons (Fsp3) is 0.400. The van der Waals surface area contributed by atoms with E-state index in [2.05, 4.69) is 4.18 Å². The minimum atomic E-state index is -5.86. The zero-order valence-corrected chi connectivity index (χ0v) is 14.0. The highest BCUT2D eigenvalue weighted by atomic mass is 32.2. The van der Waals surface area contributed by atoms with Gasteiger partial charge in [0.1, 0.15) is 17.0 Å². The number of esters is 1. The molecule has 0 saturated heterocycles. The summed E-state index contributed by atoms with van der Waals surface area (Å²) in [5, 5.41) is 0. The second-order valence-electron chi connectivity index (χ2n) is 5.47. The number of benzene rings is 1. The van der Waals surface area contributed by atoms with Crippen LogP contribution in [0.25, 0.3) is 0 Å². The molecule has 1 aromatic carbocycles. The molecule has 0 unspecified atom stereocenters. The fourth-order valence-corrected chi connectivity index (χ4v) is 3.26. The van der Waals surface area contributed by atoms with Crippen molar-refractivity contribution in [2.45, 2.75) is 30.7 Å². The third-order valence-corrected chi connectivity index (χ3v) is 4.97. The van der Waals surface area contributed by atoms with Gasteiger partial charge in [-0.15, -0.1) is 0 Å². The van der Waals surface area contributed by atoms with Crippen molar-refractivity contribution in [2.75, 3.05) is 7.11 Å². The van der Waals surface area contributed by atoms with E-state index < -0.39 is 38.6 Å². The van der Waals surface area contributed by atoms with Crippen molar-refractivity contribution >= 4 is 16.1 Å². The second kappa shape index (κ2) is 6.32. The van der Waals surface area contributed by atoms with Crippen LogP contribution >= 0.6 is 0 Å². The SMILES string of the molecule is COC(=O)[C@@]1(c2cccc(F)c2C)C=C(OS(=O)(=O)C(F)(F)F)CC1. The van der Waals surface area contributed by atoms with Crippen molar-refractivity contribution in [1.82, 2.24) is 0 Å². The summed E-state index contributed by atoms with van der Waals surface area (Å²) in [6, 6.07) is 3.92. The van der Waals surface area contributed by atoms with Gasteiger partial charge in [-0.2, -0.15) is 21.6 Å². The van der Waals surface area contributed by atoms with Crippen molar-refractivity contribution < 1.29 is 39.7 Å². The summed E-state index contributed by atoms with van der Waals surface area (Å²) in [6.07, 6.45) is 0.566. The number of alkyl halides is 3. The van der Waals surface area contributed by atoms with E-state index in [1.807, 2.05) is 0 Å². The van der Waals surface area contributed by atoms with Crippen LogP contribution < -0.4 is 0 Å². The van der Waals surface area contributed by atoms with Gasteiger partial charge >= 0.3 is 21.6 Å². The van der Waals surface area contributed by atoms with E-state index in [1.54, 1.807) is 0 Å². The number of rotatable bonds is 4. The first-order chi connectivity index (χ1) is 11.4. The molecular weight excluding hydrogens is 368 g/mol. The molecule has 0 heterocycles. The summed E-state index contributed by atoms with van der Waals surface area (Å²) in [5.41, 5.74) is -6.96.